The highest BCUT2D eigenvalue weighted by Gasteiger charge is 2.49. The van der Waals surface area contributed by atoms with Gasteiger partial charge < -0.3 is 0 Å². The van der Waals surface area contributed by atoms with E-state index in [0.29, 0.717) is 5.92 Å². The Morgan fingerprint density at radius 1 is 1.06 bits per heavy atom. The van der Waals surface area contributed by atoms with Gasteiger partial charge in [0.1, 0.15) is 11.9 Å². The summed E-state index contributed by atoms with van der Waals surface area (Å²) < 4.78 is 0. The minimum absolute atomic E-state index is 0.0155. The van der Waals surface area contributed by atoms with Crippen LogP contribution in [0.3, 0.4) is 0 Å². The Hall–Kier alpha value is -2.80. The lowest BCUT2D eigenvalue weighted by molar-refractivity contribution is -0.121. The number of carbonyl (C=O) groups excluding carboxylic acids is 1. The zero-order valence-electron chi connectivity index (χ0n) is 18.4. The van der Waals surface area contributed by atoms with Crippen LogP contribution in [0.15, 0.2) is 42.0 Å². The van der Waals surface area contributed by atoms with Gasteiger partial charge in [0.15, 0.2) is 5.78 Å². The van der Waals surface area contributed by atoms with Crippen LogP contribution < -0.4 is 0 Å². The smallest absolute Gasteiger partial charge is 0.176 e. The molecule has 3 aliphatic rings. The number of ketones is 1. The van der Waals surface area contributed by atoms with Crippen molar-refractivity contribution in [2.24, 2.45) is 11.8 Å². The third-order valence-electron chi connectivity index (χ3n) is 7.87. The summed E-state index contributed by atoms with van der Waals surface area (Å²) in [7, 11) is 0. The van der Waals surface area contributed by atoms with E-state index in [2.05, 4.69) is 37.3 Å². The van der Waals surface area contributed by atoms with Crippen molar-refractivity contribution >= 4 is 5.78 Å². The molecule has 31 heavy (non-hydrogen) atoms. The molecule has 4 nitrogen and oxygen atoms in total. The van der Waals surface area contributed by atoms with Crippen LogP contribution >= 0.6 is 0 Å². The second kappa shape index (κ2) is 7.71. The molecule has 1 saturated carbocycles. The van der Waals surface area contributed by atoms with Gasteiger partial charge in [0.2, 0.25) is 0 Å². The first-order valence-corrected chi connectivity index (χ1v) is 11.7. The van der Waals surface area contributed by atoms with E-state index >= 15 is 0 Å². The maximum Gasteiger partial charge on any atom is 0.176 e. The van der Waals surface area contributed by atoms with Crippen LogP contribution in [0, 0.1) is 23.2 Å². The molecule has 0 aliphatic heterocycles. The summed E-state index contributed by atoms with van der Waals surface area (Å²) in [5, 5.41) is 9.65. The van der Waals surface area contributed by atoms with Gasteiger partial charge in [0.25, 0.3) is 0 Å². The molecule has 158 valence electrons. The lowest BCUT2D eigenvalue weighted by atomic mass is 9.57. The Morgan fingerprint density at radius 3 is 2.52 bits per heavy atom. The normalized spacial score (nSPS) is 28.3. The van der Waals surface area contributed by atoms with Crippen molar-refractivity contribution in [3.05, 3.63) is 59.1 Å². The average Bonchev–Trinajstić information content (AvgIpc) is 2.82. The van der Waals surface area contributed by atoms with Gasteiger partial charge in [0, 0.05) is 28.4 Å². The van der Waals surface area contributed by atoms with Gasteiger partial charge in [-0.15, -0.1) is 0 Å². The van der Waals surface area contributed by atoms with Gasteiger partial charge in [-0.2, -0.15) is 5.26 Å². The quantitative estimate of drug-likeness (QED) is 0.637. The molecule has 1 aromatic heterocycles. The summed E-state index contributed by atoms with van der Waals surface area (Å²) in [5.41, 5.74) is 4.29. The predicted octanol–water partition coefficient (Wildman–Crippen LogP) is 5.68. The first kappa shape index (κ1) is 20.1. The summed E-state index contributed by atoms with van der Waals surface area (Å²) >= 11 is 0. The molecule has 0 radical (unpaired) electrons. The van der Waals surface area contributed by atoms with Gasteiger partial charge in [0.05, 0.1) is 17.0 Å². The zero-order valence-corrected chi connectivity index (χ0v) is 18.4. The van der Waals surface area contributed by atoms with E-state index < -0.39 is 5.41 Å². The minimum Gasteiger partial charge on any atom is -0.293 e. The Morgan fingerprint density at radius 2 is 1.81 bits per heavy atom. The molecule has 5 rings (SSSR count). The van der Waals surface area contributed by atoms with E-state index in [-0.39, 0.29) is 23.2 Å². The van der Waals surface area contributed by atoms with E-state index in [0.717, 1.165) is 48.5 Å². The van der Waals surface area contributed by atoms with Crippen LogP contribution in [0.4, 0.5) is 0 Å². The molecule has 4 heteroatoms. The summed E-state index contributed by atoms with van der Waals surface area (Å²) in [4.78, 5) is 23.1. The van der Waals surface area contributed by atoms with Crippen molar-refractivity contribution in [2.75, 3.05) is 0 Å². The summed E-state index contributed by atoms with van der Waals surface area (Å²) in [6.07, 6.45) is 9.74. The number of hydrogen-bond acceptors (Lipinski definition) is 4. The van der Waals surface area contributed by atoms with Gasteiger partial charge >= 0.3 is 0 Å². The molecule has 0 amide bonds. The first-order valence-electron chi connectivity index (χ1n) is 11.7. The largest absolute Gasteiger partial charge is 0.293 e. The number of Topliss-reactive ketones (excluding diaryl/α,β-unsaturated/α-hetero) is 1. The zero-order chi connectivity index (χ0) is 21.6. The molecule has 1 heterocycles. The topological polar surface area (TPSA) is 66.6 Å². The van der Waals surface area contributed by atoms with Crippen molar-refractivity contribution in [1.82, 2.24) is 9.97 Å². The summed E-state index contributed by atoms with van der Waals surface area (Å²) in [6, 6.07) is 12.6. The standard InChI is InChI=1S/C27H29N3O/c1-17-22-14-13-21-23(18-9-5-3-6-10-18)29-26(19-11-7-4-8-12-19)30-25(21)27(22,2)15-20(16-28)24(17)31/h3,5-6,9-10,15,17,19,22H,4,7-8,11-14H2,1-2H3/t17-,22-,27-/m1/s1. The number of carbonyl (C=O) groups is 1. The fourth-order valence-corrected chi connectivity index (χ4v) is 6.17. The third kappa shape index (κ3) is 3.22. The van der Waals surface area contributed by atoms with Gasteiger partial charge in [-0.3, -0.25) is 4.79 Å². The Balaban J connectivity index is 1.75. The number of allylic oxidation sites excluding steroid dienone is 2. The van der Waals surface area contributed by atoms with Gasteiger partial charge in [-0.1, -0.05) is 69.5 Å². The van der Waals surface area contributed by atoms with E-state index in [9.17, 15) is 10.1 Å². The van der Waals surface area contributed by atoms with Crippen LogP contribution in [0.2, 0.25) is 0 Å². The van der Waals surface area contributed by atoms with Gasteiger partial charge in [-0.25, -0.2) is 9.97 Å². The lowest BCUT2D eigenvalue weighted by Crippen LogP contribution is -2.46. The fraction of sp³-hybridized carbons (Fsp3) is 0.481. The molecule has 0 N–H and O–H groups in total. The lowest BCUT2D eigenvalue weighted by Gasteiger charge is -2.46. The van der Waals surface area contributed by atoms with Crippen LogP contribution in [0.25, 0.3) is 11.3 Å². The monoisotopic (exact) mass is 411 g/mol. The minimum atomic E-state index is -0.415. The van der Waals surface area contributed by atoms with Crippen LogP contribution in [-0.2, 0) is 16.6 Å². The van der Waals surface area contributed by atoms with Crippen LogP contribution in [-0.4, -0.2) is 15.8 Å². The molecular weight excluding hydrogens is 382 g/mol. The molecule has 3 aliphatic carbocycles. The fourth-order valence-electron chi connectivity index (χ4n) is 6.17. The Labute approximate surface area is 184 Å². The highest BCUT2D eigenvalue weighted by Crippen LogP contribution is 2.51. The third-order valence-corrected chi connectivity index (χ3v) is 7.87. The Kier molecular flexibility index (Phi) is 5.01. The number of rotatable bonds is 2. The van der Waals surface area contributed by atoms with Crippen LogP contribution in [0.5, 0.6) is 0 Å². The molecule has 2 aromatic rings. The average molecular weight is 412 g/mol. The van der Waals surface area contributed by atoms with Crippen molar-refractivity contribution in [2.45, 2.75) is 70.1 Å². The van der Waals surface area contributed by atoms with Gasteiger partial charge in [-0.05, 0) is 31.6 Å². The SMILES string of the molecule is C[C@H]1C(=O)C(C#N)=C[C@@]2(C)c3nc(C4CCCCC4)nc(-c4ccccc4)c3CC[C@H]12. The van der Waals surface area contributed by atoms with Crippen molar-refractivity contribution in [1.29, 1.82) is 5.26 Å². The number of nitriles is 1. The van der Waals surface area contributed by atoms with Crippen molar-refractivity contribution < 1.29 is 4.79 Å². The molecule has 0 saturated heterocycles. The molecule has 1 fully saturated rings. The van der Waals surface area contributed by atoms with E-state index in [1.54, 1.807) is 0 Å². The molecule has 3 atom stereocenters. The number of benzene rings is 1. The van der Waals surface area contributed by atoms with Crippen molar-refractivity contribution in [3.8, 4) is 17.3 Å². The van der Waals surface area contributed by atoms with E-state index in [4.69, 9.17) is 9.97 Å². The highest BCUT2D eigenvalue weighted by molar-refractivity contribution is 6.02. The summed E-state index contributed by atoms with van der Waals surface area (Å²) in [6.45, 7) is 4.17. The number of aromatic nitrogens is 2. The number of nitrogens with zero attached hydrogens (tertiary/aromatic N) is 3. The van der Waals surface area contributed by atoms with Crippen LogP contribution in [0.1, 0.15) is 75.4 Å². The number of fused-ring (bicyclic) bond motifs is 3. The van der Waals surface area contributed by atoms with E-state index in [1.165, 1.54) is 24.8 Å². The molecule has 0 unspecified atom stereocenters. The number of hydrogen-bond donors (Lipinski definition) is 0. The first-order chi connectivity index (χ1) is 15.0. The maximum atomic E-state index is 12.7. The Bertz CT molecular complexity index is 1090. The molecule has 1 aromatic carbocycles. The molecular formula is C27H29N3O. The molecule has 0 spiro atoms. The maximum absolute atomic E-state index is 12.7. The highest BCUT2D eigenvalue weighted by atomic mass is 16.1. The second-order valence-electron chi connectivity index (χ2n) is 9.71. The predicted molar refractivity (Wildman–Crippen MR) is 120 cm³/mol. The molecule has 0 bridgehead atoms. The second-order valence-corrected chi connectivity index (χ2v) is 9.71. The summed E-state index contributed by atoms with van der Waals surface area (Å²) in [5.74, 6) is 1.34. The van der Waals surface area contributed by atoms with Crippen molar-refractivity contribution in [3.63, 3.8) is 0 Å². The van der Waals surface area contributed by atoms with E-state index in [1.807, 2.05) is 19.1 Å².